The minimum atomic E-state index is -0.479. The third-order valence-corrected chi connectivity index (χ3v) is 2.95. The van der Waals surface area contributed by atoms with Gasteiger partial charge in [0.05, 0.1) is 16.4 Å². The van der Waals surface area contributed by atoms with Crippen LogP contribution in [0.5, 0.6) is 0 Å². The van der Waals surface area contributed by atoms with Gasteiger partial charge < -0.3 is 0 Å². The molecule has 2 rings (SSSR count). The Labute approximate surface area is 109 Å². The monoisotopic (exact) mass is 272 g/mol. The molecule has 0 fully saturated rings. The third kappa shape index (κ3) is 2.61. The zero-order valence-electron chi connectivity index (χ0n) is 9.25. The van der Waals surface area contributed by atoms with Gasteiger partial charge in [-0.25, -0.2) is 9.07 Å². The number of hydrogen-bond acceptors (Lipinski definition) is 1. The molecule has 0 bridgehead atoms. The first kappa shape index (κ1) is 12.4. The molecular formula is C12H11Cl2FN2. The molecule has 0 aliphatic rings. The van der Waals surface area contributed by atoms with E-state index in [0.717, 1.165) is 18.5 Å². The van der Waals surface area contributed by atoms with E-state index in [-0.39, 0.29) is 5.02 Å². The Morgan fingerprint density at radius 3 is 2.71 bits per heavy atom. The van der Waals surface area contributed by atoms with Crippen LogP contribution in [0.1, 0.15) is 19.0 Å². The average molecular weight is 273 g/mol. The van der Waals surface area contributed by atoms with Gasteiger partial charge >= 0.3 is 0 Å². The molecule has 2 nitrogen and oxygen atoms in total. The largest absolute Gasteiger partial charge is 0.222 e. The van der Waals surface area contributed by atoms with Crippen LogP contribution < -0.4 is 0 Å². The summed E-state index contributed by atoms with van der Waals surface area (Å²) in [7, 11) is 0. The summed E-state index contributed by atoms with van der Waals surface area (Å²) in [5.41, 5.74) is 1.46. The van der Waals surface area contributed by atoms with Crippen molar-refractivity contribution in [3.63, 3.8) is 0 Å². The van der Waals surface area contributed by atoms with Crippen LogP contribution in [0.3, 0.4) is 0 Å². The van der Waals surface area contributed by atoms with Crippen LogP contribution in [0, 0.1) is 5.82 Å². The molecule has 0 amide bonds. The smallest absolute Gasteiger partial charge is 0.143 e. The van der Waals surface area contributed by atoms with Crippen LogP contribution in [0.25, 0.3) is 5.69 Å². The second-order valence-corrected chi connectivity index (χ2v) is 4.51. The molecule has 1 aromatic heterocycles. The summed E-state index contributed by atoms with van der Waals surface area (Å²) in [6.07, 6.45) is 1.84. The van der Waals surface area contributed by atoms with Gasteiger partial charge in [0.25, 0.3) is 0 Å². The molecule has 0 saturated heterocycles. The van der Waals surface area contributed by atoms with Gasteiger partial charge in [0, 0.05) is 6.07 Å². The summed E-state index contributed by atoms with van der Waals surface area (Å²) < 4.78 is 14.8. The van der Waals surface area contributed by atoms with Crippen LogP contribution in [0.2, 0.25) is 10.2 Å². The highest BCUT2D eigenvalue weighted by molar-refractivity contribution is 6.31. The molecule has 0 atom stereocenters. The second kappa shape index (κ2) is 5.07. The third-order valence-electron chi connectivity index (χ3n) is 2.37. The molecule has 0 aliphatic heterocycles. The van der Waals surface area contributed by atoms with E-state index in [4.69, 9.17) is 23.2 Å². The standard InChI is InChI=1S/C12H11Cl2FN2/c1-2-3-8-6-12(14)17(16-8)9-4-5-10(13)11(15)7-9/h4-7H,2-3H2,1H3. The maximum atomic E-state index is 13.3. The topological polar surface area (TPSA) is 17.8 Å². The van der Waals surface area contributed by atoms with E-state index in [1.807, 2.05) is 0 Å². The number of halogens is 3. The van der Waals surface area contributed by atoms with Gasteiger partial charge in [0.1, 0.15) is 11.0 Å². The number of hydrogen-bond donors (Lipinski definition) is 0. The van der Waals surface area contributed by atoms with Crippen LogP contribution in [0.4, 0.5) is 4.39 Å². The SMILES string of the molecule is CCCc1cc(Cl)n(-c2ccc(Cl)c(F)c2)n1. The van der Waals surface area contributed by atoms with E-state index in [2.05, 4.69) is 12.0 Å². The van der Waals surface area contributed by atoms with Crippen molar-refractivity contribution in [1.82, 2.24) is 9.78 Å². The number of rotatable bonds is 3. The number of nitrogens with zero attached hydrogens (tertiary/aromatic N) is 2. The lowest BCUT2D eigenvalue weighted by Gasteiger charge is -2.03. The predicted octanol–water partition coefficient (Wildman–Crippen LogP) is 4.27. The Kier molecular flexibility index (Phi) is 3.69. The van der Waals surface area contributed by atoms with Crippen LogP contribution >= 0.6 is 23.2 Å². The fraction of sp³-hybridized carbons (Fsp3) is 0.250. The van der Waals surface area contributed by atoms with Gasteiger partial charge in [-0.3, -0.25) is 0 Å². The summed E-state index contributed by atoms with van der Waals surface area (Å²) in [4.78, 5) is 0. The fourth-order valence-electron chi connectivity index (χ4n) is 1.58. The first-order chi connectivity index (χ1) is 8.11. The Hall–Kier alpha value is -1.06. The fourth-order valence-corrected chi connectivity index (χ4v) is 1.96. The summed E-state index contributed by atoms with van der Waals surface area (Å²) in [5.74, 6) is -0.479. The van der Waals surface area contributed by atoms with Gasteiger partial charge in [0.2, 0.25) is 0 Å². The summed E-state index contributed by atoms with van der Waals surface area (Å²) in [6.45, 7) is 2.06. The predicted molar refractivity (Wildman–Crippen MR) is 67.5 cm³/mol. The highest BCUT2D eigenvalue weighted by Gasteiger charge is 2.09. The van der Waals surface area contributed by atoms with E-state index in [1.54, 1.807) is 12.1 Å². The normalized spacial score (nSPS) is 10.8. The van der Waals surface area contributed by atoms with Crippen LogP contribution in [0.15, 0.2) is 24.3 Å². The number of aryl methyl sites for hydroxylation is 1. The van der Waals surface area contributed by atoms with Crippen molar-refractivity contribution in [3.8, 4) is 5.69 Å². The lowest BCUT2D eigenvalue weighted by atomic mass is 10.3. The maximum Gasteiger partial charge on any atom is 0.143 e. The molecule has 0 spiro atoms. The molecule has 0 radical (unpaired) electrons. The van der Waals surface area contributed by atoms with Crippen molar-refractivity contribution >= 4 is 23.2 Å². The molecule has 1 heterocycles. The van der Waals surface area contributed by atoms with Crippen LogP contribution in [-0.2, 0) is 6.42 Å². The summed E-state index contributed by atoms with van der Waals surface area (Å²) >= 11 is 11.7. The lowest BCUT2D eigenvalue weighted by Crippen LogP contribution is -1.98. The molecule has 5 heteroatoms. The molecule has 2 aromatic rings. The zero-order valence-corrected chi connectivity index (χ0v) is 10.8. The zero-order chi connectivity index (χ0) is 12.4. The number of benzene rings is 1. The first-order valence-electron chi connectivity index (χ1n) is 5.31. The maximum absolute atomic E-state index is 13.3. The van der Waals surface area contributed by atoms with Gasteiger partial charge in [-0.15, -0.1) is 0 Å². The molecule has 0 N–H and O–H groups in total. The molecule has 0 saturated carbocycles. The Morgan fingerprint density at radius 2 is 2.06 bits per heavy atom. The van der Waals surface area contributed by atoms with Crippen molar-refractivity contribution in [2.75, 3.05) is 0 Å². The molecular weight excluding hydrogens is 262 g/mol. The summed E-state index contributed by atoms with van der Waals surface area (Å²) in [6, 6.07) is 6.28. The Morgan fingerprint density at radius 1 is 1.29 bits per heavy atom. The minimum absolute atomic E-state index is 0.0887. The quantitative estimate of drug-likeness (QED) is 0.816. The minimum Gasteiger partial charge on any atom is -0.222 e. The summed E-state index contributed by atoms with van der Waals surface area (Å²) in [5, 5.41) is 4.87. The molecule has 1 aromatic carbocycles. The average Bonchev–Trinajstić information content (AvgIpc) is 2.64. The van der Waals surface area contributed by atoms with Crippen molar-refractivity contribution in [3.05, 3.63) is 46.0 Å². The van der Waals surface area contributed by atoms with E-state index in [9.17, 15) is 4.39 Å². The van der Waals surface area contributed by atoms with Crippen molar-refractivity contribution in [2.24, 2.45) is 0 Å². The number of aromatic nitrogens is 2. The lowest BCUT2D eigenvalue weighted by molar-refractivity contribution is 0.625. The molecule has 0 unspecified atom stereocenters. The van der Waals surface area contributed by atoms with Gasteiger partial charge in [-0.2, -0.15) is 5.10 Å². The van der Waals surface area contributed by atoms with Crippen molar-refractivity contribution < 1.29 is 4.39 Å². The van der Waals surface area contributed by atoms with E-state index >= 15 is 0 Å². The van der Waals surface area contributed by atoms with Gasteiger partial charge in [0.15, 0.2) is 0 Å². The highest BCUT2D eigenvalue weighted by atomic mass is 35.5. The molecule has 0 aliphatic carbocycles. The Balaban J connectivity index is 2.41. The van der Waals surface area contributed by atoms with Gasteiger partial charge in [-0.05, 0) is 24.6 Å². The second-order valence-electron chi connectivity index (χ2n) is 3.72. The molecule has 90 valence electrons. The van der Waals surface area contributed by atoms with Gasteiger partial charge in [-0.1, -0.05) is 36.5 Å². The Bertz CT molecular complexity index is 537. The highest BCUT2D eigenvalue weighted by Crippen LogP contribution is 2.22. The van der Waals surface area contributed by atoms with E-state index in [1.165, 1.54) is 16.8 Å². The van der Waals surface area contributed by atoms with Crippen molar-refractivity contribution in [1.29, 1.82) is 0 Å². The molecule has 17 heavy (non-hydrogen) atoms. The van der Waals surface area contributed by atoms with E-state index in [0.29, 0.717) is 10.8 Å². The first-order valence-corrected chi connectivity index (χ1v) is 6.07. The van der Waals surface area contributed by atoms with Crippen LogP contribution in [-0.4, -0.2) is 9.78 Å². The van der Waals surface area contributed by atoms with Crippen molar-refractivity contribution in [2.45, 2.75) is 19.8 Å². The van der Waals surface area contributed by atoms with E-state index < -0.39 is 5.82 Å².